The first-order valence-electron chi connectivity index (χ1n) is 6.66. The highest BCUT2D eigenvalue weighted by atomic mass is 16.3. The maximum Gasteiger partial charge on any atom is 0.124 e. The van der Waals surface area contributed by atoms with Gasteiger partial charge in [-0.3, -0.25) is 0 Å². The predicted molar refractivity (Wildman–Crippen MR) is 73.8 cm³/mol. The molecule has 1 aliphatic rings. The monoisotopic (exact) mass is 244 g/mol. The van der Waals surface area contributed by atoms with Crippen molar-refractivity contribution >= 4 is 10.9 Å². The van der Waals surface area contributed by atoms with Gasteiger partial charge in [0, 0.05) is 30.1 Å². The Kier molecular flexibility index (Phi) is 2.59. The van der Waals surface area contributed by atoms with Gasteiger partial charge in [-0.25, -0.2) is 0 Å². The molecule has 3 nitrogen and oxygen atoms in total. The Morgan fingerprint density at radius 3 is 2.67 bits per heavy atom. The standard InChI is InChI=1S/C15H20N2O/c1-17-12-5-4-6-13(18)11(12)9-14(17)15(10-16)7-2-3-8-15/h4-6,9,18H,2-3,7-8,10,16H2,1H3. The third-order valence-corrected chi connectivity index (χ3v) is 4.56. The number of aromatic hydroxyl groups is 1. The minimum atomic E-state index is 0.111. The quantitative estimate of drug-likeness (QED) is 0.853. The highest BCUT2D eigenvalue weighted by Gasteiger charge is 2.36. The zero-order valence-electron chi connectivity index (χ0n) is 10.8. The second-order valence-electron chi connectivity index (χ2n) is 5.49. The third kappa shape index (κ3) is 1.47. The zero-order valence-corrected chi connectivity index (χ0v) is 10.8. The van der Waals surface area contributed by atoms with Crippen LogP contribution in [0.4, 0.5) is 0 Å². The summed E-state index contributed by atoms with van der Waals surface area (Å²) in [7, 11) is 2.08. The normalized spacial score (nSPS) is 18.6. The molecule has 1 heterocycles. The summed E-state index contributed by atoms with van der Waals surface area (Å²) in [5.74, 6) is 0.361. The number of phenols is 1. The number of aryl methyl sites for hydroxylation is 1. The van der Waals surface area contributed by atoms with E-state index in [4.69, 9.17) is 5.73 Å². The van der Waals surface area contributed by atoms with Crippen molar-refractivity contribution in [3.63, 3.8) is 0 Å². The molecule has 1 saturated carbocycles. The minimum Gasteiger partial charge on any atom is -0.507 e. The molecule has 0 atom stereocenters. The fourth-order valence-corrected chi connectivity index (χ4v) is 3.47. The molecule has 0 saturated heterocycles. The molecular formula is C15H20N2O. The van der Waals surface area contributed by atoms with E-state index in [1.54, 1.807) is 6.07 Å². The molecule has 0 spiro atoms. The number of benzene rings is 1. The van der Waals surface area contributed by atoms with Crippen molar-refractivity contribution in [2.45, 2.75) is 31.1 Å². The predicted octanol–water partition coefficient (Wildman–Crippen LogP) is 2.65. The molecule has 0 amide bonds. The lowest BCUT2D eigenvalue weighted by Crippen LogP contribution is -2.33. The van der Waals surface area contributed by atoms with Crippen LogP contribution in [0, 0.1) is 0 Å². The molecule has 0 bridgehead atoms. The summed E-state index contributed by atoms with van der Waals surface area (Å²) in [6.07, 6.45) is 4.83. The van der Waals surface area contributed by atoms with Crippen LogP contribution in [0.3, 0.4) is 0 Å². The summed E-state index contributed by atoms with van der Waals surface area (Å²) < 4.78 is 2.20. The first-order valence-corrected chi connectivity index (χ1v) is 6.66. The van der Waals surface area contributed by atoms with Gasteiger partial charge in [0.1, 0.15) is 5.75 Å². The Morgan fingerprint density at radius 1 is 1.33 bits per heavy atom. The Morgan fingerprint density at radius 2 is 2.06 bits per heavy atom. The molecule has 18 heavy (non-hydrogen) atoms. The van der Waals surface area contributed by atoms with Crippen LogP contribution in [0.15, 0.2) is 24.3 Å². The number of hydrogen-bond acceptors (Lipinski definition) is 2. The SMILES string of the molecule is Cn1c(C2(CN)CCCC2)cc2c(O)cccc21. The zero-order chi connectivity index (χ0) is 12.8. The van der Waals surface area contributed by atoms with Crippen LogP contribution in [0.1, 0.15) is 31.4 Å². The lowest BCUT2D eigenvalue weighted by atomic mass is 9.82. The largest absolute Gasteiger partial charge is 0.507 e. The Hall–Kier alpha value is -1.48. The van der Waals surface area contributed by atoms with Crippen LogP contribution >= 0.6 is 0 Å². The van der Waals surface area contributed by atoms with E-state index in [0.717, 1.165) is 23.7 Å². The van der Waals surface area contributed by atoms with E-state index in [-0.39, 0.29) is 5.41 Å². The number of fused-ring (bicyclic) bond motifs is 1. The molecule has 1 fully saturated rings. The van der Waals surface area contributed by atoms with E-state index in [0.29, 0.717) is 12.3 Å². The van der Waals surface area contributed by atoms with Crippen LogP contribution in [0.25, 0.3) is 10.9 Å². The molecule has 2 aromatic rings. The Bertz CT molecular complexity index is 579. The van der Waals surface area contributed by atoms with Gasteiger partial charge in [-0.15, -0.1) is 0 Å². The molecule has 1 aromatic carbocycles. The molecule has 3 heteroatoms. The fraction of sp³-hybridized carbons (Fsp3) is 0.467. The first-order chi connectivity index (χ1) is 8.68. The van der Waals surface area contributed by atoms with Crippen molar-refractivity contribution in [3.8, 4) is 5.75 Å². The van der Waals surface area contributed by atoms with Crippen molar-refractivity contribution in [3.05, 3.63) is 30.0 Å². The molecule has 96 valence electrons. The second kappa shape index (κ2) is 4.02. The minimum absolute atomic E-state index is 0.111. The molecule has 3 N–H and O–H groups in total. The molecular weight excluding hydrogens is 224 g/mol. The van der Waals surface area contributed by atoms with Gasteiger partial charge in [-0.05, 0) is 31.0 Å². The highest BCUT2D eigenvalue weighted by Crippen LogP contribution is 2.42. The average molecular weight is 244 g/mol. The summed E-state index contributed by atoms with van der Waals surface area (Å²) in [5.41, 5.74) is 8.53. The number of hydrogen-bond donors (Lipinski definition) is 2. The number of rotatable bonds is 2. The van der Waals surface area contributed by atoms with Gasteiger partial charge in [0.2, 0.25) is 0 Å². The van der Waals surface area contributed by atoms with E-state index in [1.807, 2.05) is 6.07 Å². The molecule has 0 unspecified atom stereocenters. The van der Waals surface area contributed by atoms with Gasteiger partial charge in [0.05, 0.1) is 5.52 Å². The second-order valence-corrected chi connectivity index (χ2v) is 5.49. The molecule has 3 rings (SSSR count). The van der Waals surface area contributed by atoms with E-state index >= 15 is 0 Å². The van der Waals surface area contributed by atoms with E-state index in [9.17, 15) is 5.11 Å². The van der Waals surface area contributed by atoms with Gasteiger partial charge in [0.25, 0.3) is 0 Å². The van der Waals surface area contributed by atoms with Gasteiger partial charge in [-0.2, -0.15) is 0 Å². The van der Waals surface area contributed by atoms with Gasteiger partial charge < -0.3 is 15.4 Å². The maximum absolute atomic E-state index is 9.96. The van der Waals surface area contributed by atoms with Gasteiger partial charge in [0.15, 0.2) is 0 Å². The Balaban J connectivity index is 2.23. The molecule has 0 radical (unpaired) electrons. The van der Waals surface area contributed by atoms with Crippen LogP contribution in [-0.4, -0.2) is 16.2 Å². The van der Waals surface area contributed by atoms with Crippen molar-refractivity contribution in [2.24, 2.45) is 12.8 Å². The van der Waals surface area contributed by atoms with Crippen molar-refractivity contribution in [2.75, 3.05) is 6.54 Å². The first kappa shape index (κ1) is 11.6. The van der Waals surface area contributed by atoms with E-state index in [1.165, 1.54) is 18.5 Å². The van der Waals surface area contributed by atoms with Crippen LogP contribution in [0.5, 0.6) is 5.75 Å². The average Bonchev–Trinajstić information content (AvgIpc) is 2.97. The smallest absolute Gasteiger partial charge is 0.124 e. The van der Waals surface area contributed by atoms with Crippen molar-refractivity contribution in [1.29, 1.82) is 0 Å². The van der Waals surface area contributed by atoms with Crippen LogP contribution < -0.4 is 5.73 Å². The van der Waals surface area contributed by atoms with Crippen molar-refractivity contribution < 1.29 is 5.11 Å². The molecule has 0 aliphatic heterocycles. The fourth-order valence-electron chi connectivity index (χ4n) is 3.47. The highest BCUT2D eigenvalue weighted by molar-refractivity contribution is 5.87. The maximum atomic E-state index is 9.96. The summed E-state index contributed by atoms with van der Waals surface area (Å²) in [6.45, 7) is 0.692. The topological polar surface area (TPSA) is 51.2 Å². The van der Waals surface area contributed by atoms with E-state index in [2.05, 4.69) is 23.7 Å². The number of aromatic nitrogens is 1. The summed E-state index contributed by atoms with van der Waals surface area (Å²) in [6, 6.07) is 7.82. The van der Waals surface area contributed by atoms with Gasteiger partial charge >= 0.3 is 0 Å². The molecule has 1 aliphatic carbocycles. The summed E-state index contributed by atoms with van der Waals surface area (Å²) in [4.78, 5) is 0. The number of nitrogens with two attached hydrogens (primary N) is 1. The third-order valence-electron chi connectivity index (χ3n) is 4.56. The number of phenolic OH excluding ortho intramolecular Hbond substituents is 1. The lowest BCUT2D eigenvalue weighted by Gasteiger charge is -2.28. The number of nitrogens with zero attached hydrogens (tertiary/aromatic N) is 1. The van der Waals surface area contributed by atoms with Crippen LogP contribution in [-0.2, 0) is 12.5 Å². The lowest BCUT2D eigenvalue weighted by molar-refractivity contribution is 0.428. The van der Waals surface area contributed by atoms with E-state index < -0.39 is 0 Å². The molecule has 1 aromatic heterocycles. The van der Waals surface area contributed by atoms with Crippen molar-refractivity contribution in [1.82, 2.24) is 4.57 Å². The van der Waals surface area contributed by atoms with Crippen LogP contribution in [0.2, 0.25) is 0 Å². The summed E-state index contributed by atoms with van der Waals surface area (Å²) in [5, 5.41) is 10.9. The van der Waals surface area contributed by atoms with Gasteiger partial charge in [-0.1, -0.05) is 18.9 Å². The summed E-state index contributed by atoms with van der Waals surface area (Å²) >= 11 is 0. The Labute approximate surface area is 107 Å².